The number of benzene rings is 3. The van der Waals surface area contributed by atoms with Crippen LogP contribution in [0, 0.1) is 5.92 Å². The van der Waals surface area contributed by atoms with Crippen molar-refractivity contribution in [2.75, 3.05) is 6.54 Å². The SMILES string of the molecule is NC1CCN(Cc2cccc(C=Cc3ccccc3)c2)C(C2CC2c2ccccc2)C1. The van der Waals surface area contributed by atoms with Crippen LogP contribution in [0.1, 0.15) is 47.4 Å². The molecule has 2 N–H and O–H groups in total. The molecule has 2 heteroatoms. The third-order valence-corrected chi connectivity index (χ3v) is 6.97. The van der Waals surface area contributed by atoms with Crippen molar-refractivity contribution in [2.24, 2.45) is 11.7 Å². The quantitative estimate of drug-likeness (QED) is 0.511. The Hall–Kier alpha value is -2.68. The van der Waals surface area contributed by atoms with E-state index in [0.717, 1.165) is 31.8 Å². The molecule has 1 saturated carbocycles. The van der Waals surface area contributed by atoms with Gasteiger partial charge in [-0.05, 0) is 53.4 Å². The molecule has 2 fully saturated rings. The minimum Gasteiger partial charge on any atom is -0.328 e. The summed E-state index contributed by atoms with van der Waals surface area (Å²) in [5.74, 6) is 1.45. The first-order chi connectivity index (χ1) is 15.3. The van der Waals surface area contributed by atoms with Crippen molar-refractivity contribution in [1.82, 2.24) is 4.90 Å². The minimum absolute atomic E-state index is 0.346. The molecule has 1 aliphatic carbocycles. The van der Waals surface area contributed by atoms with Gasteiger partial charge in [0.15, 0.2) is 0 Å². The predicted molar refractivity (Wildman–Crippen MR) is 131 cm³/mol. The first-order valence-electron chi connectivity index (χ1n) is 11.6. The Morgan fingerprint density at radius 2 is 1.52 bits per heavy atom. The molecule has 0 aromatic heterocycles. The highest BCUT2D eigenvalue weighted by Crippen LogP contribution is 2.52. The summed E-state index contributed by atoms with van der Waals surface area (Å²) in [6.45, 7) is 2.12. The summed E-state index contributed by atoms with van der Waals surface area (Å²) < 4.78 is 0. The van der Waals surface area contributed by atoms with E-state index in [-0.39, 0.29) is 0 Å². The van der Waals surface area contributed by atoms with Gasteiger partial charge in [-0.1, -0.05) is 97.1 Å². The standard InChI is InChI=1S/C29H32N2/c30-26-16-17-31(29(19-26)28-20-27(28)25-12-5-2-6-13-25)21-24-11-7-10-23(18-24)15-14-22-8-3-1-4-9-22/h1-15,18,26-29H,16-17,19-21,30H2. The molecule has 158 valence electrons. The zero-order chi connectivity index (χ0) is 21.0. The summed E-state index contributed by atoms with van der Waals surface area (Å²) in [5.41, 5.74) is 11.8. The van der Waals surface area contributed by atoms with Gasteiger partial charge in [-0.15, -0.1) is 0 Å². The van der Waals surface area contributed by atoms with Gasteiger partial charge in [-0.3, -0.25) is 4.90 Å². The number of nitrogens with two attached hydrogens (primary N) is 1. The summed E-state index contributed by atoms with van der Waals surface area (Å²) >= 11 is 0. The molecule has 5 rings (SSSR count). The fourth-order valence-corrected chi connectivity index (χ4v) is 5.23. The molecule has 1 saturated heterocycles. The van der Waals surface area contributed by atoms with Crippen LogP contribution in [0.25, 0.3) is 12.2 Å². The van der Waals surface area contributed by atoms with Crippen LogP contribution < -0.4 is 5.73 Å². The number of likely N-dealkylation sites (tertiary alicyclic amines) is 1. The van der Waals surface area contributed by atoms with Crippen LogP contribution in [0.3, 0.4) is 0 Å². The molecule has 0 amide bonds. The molecular weight excluding hydrogens is 376 g/mol. The summed E-state index contributed by atoms with van der Waals surface area (Å²) in [6, 6.07) is 31.5. The van der Waals surface area contributed by atoms with Crippen molar-refractivity contribution in [3.05, 3.63) is 107 Å². The molecule has 2 nitrogen and oxygen atoms in total. The minimum atomic E-state index is 0.346. The lowest BCUT2D eigenvalue weighted by atomic mass is 9.92. The smallest absolute Gasteiger partial charge is 0.0237 e. The fraction of sp³-hybridized carbons (Fsp3) is 0.310. The summed E-state index contributed by atoms with van der Waals surface area (Å²) in [5, 5.41) is 0. The Morgan fingerprint density at radius 1 is 0.806 bits per heavy atom. The fourth-order valence-electron chi connectivity index (χ4n) is 5.23. The highest BCUT2D eigenvalue weighted by molar-refractivity contribution is 5.69. The van der Waals surface area contributed by atoms with Crippen molar-refractivity contribution < 1.29 is 0 Å². The number of hydrogen-bond donors (Lipinski definition) is 1. The summed E-state index contributed by atoms with van der Waals surface area (Å²) in [7, 11) is 0. The van der Waals surface area contributed by atoms with Gasteiger partial charge in [0.05, 0.1) is 0 Å². The van der Waals surface area contributed by atoms with E-state index in [1.54, 1.807) is 0 Å². The molecule has 31 heavy (non-hydrogen) atoms. The lowest BCUT2D eigenvalue weighted by molar-refractivity contribution is 0.110. The van der Waals surface area contributed by atoms with E-state index < -0.39 is 0 Å². The third kappa shape index (κ3) is 4.98. The lowest BCUT2D eigenvalue weighted by Crippen LogP contribution is -2.47. The van der Waals surface area contributed by atoms with Crippen LogP contribution in [0.15, 0.2) is 84.9 Å². The van der Waals surface area contributed by atoms with Crippen LogP contribution in [-0.4, -0.2) is 23.5 Å². The molecule has 4 unspecified atom stereocenters. The van der Waals surface area contributed by atoms with Gasteiger partial charge in [0.1, 0.15) is 0 Å². The van der Waals surface area contributed by atoms with Crippen molar-refractivity contribution in [1.29, 1.82) is 0 Å². The first kappa shape index (κ1) is 20.2. The highest BCUT2D eigenvalue weighted by atomic mass is 15.2. The Balaban J connectivity index is 1.28. The Kier molecular flexibility index (Phi) is 6.01. The van der Waals surface area contributed by atoms with E-state index in [0.29, 0.717) is 18.0 Å². The van der Waals surface area contributed by atoms with Crippen LogP contribution in [0.2, 0.25) is 0 Å². The molecule has 2 aliphatic rings. The Bertz CT molecular complexity index is 1010. The van der Waals surface area contributed by atoms with E-state index in [2.05, 4.69) is 102 Å². The Morgan fingerprint density at radius 3 is 2.32 bits per heavy atom. The van der Waals surface area contributed by atoms with Gasteiger partial charge in [-0.2, -0.15) is 0 Å². The van der Waals surface area contributed by atoms with Crippen LogP contribution in [-0.2, 0) is 6.54 Å². The summed E-state index contributed by atoms with van der Waals surface area (Å²) in [6.07, 6.45) is 7.94. The van der Waals surface area contributed by atoms with E-state index >= 15 is 0 Å². The van der Waals surface area contributed by atoms with E-state index in [1.807, 2.05) is 0 Å². The molecule has 3 aromatic rings. The van der Waals surface area contributed by atoms with Crippen molar-refractivity contribution >= 4 is 12.2 Å². The van der Waals surface area contributed by atoms with Crippen LogP contribution >= 0.6 is 0 Å². The zero-order valence-corrected chi connectivity index (χ0v) is 18.1. The van der Waals surface area contributed by atoms with E-state index in [9.17, 15) is 0 Å². The van der Waals surface area contributed by atoms with Crippen LogP contribution in [0.5, 0.6) is 0 Å². The average molecular weight is 409 g/mol. The van der Waals surface area contributed by atoms with E-state index in [1.165, 1.54) is 28.7 Å². The van der Waals surface area contributed by atoms with Gasteiger partial charge in [0, 0.05) is 25.2 Å². The molecular formula is C29H32N2. The number of nitrogens with zero attached hydrogens (tertiary/aromatic N) is 1. The predicted octanol–water partition coefficient (Wildman–Crippen LogP) is 5.95. The molecule has 0 radical (unpaired) electrons. The van der Waals surface area contributed by atoms with Crippen molar-refractivity contribution in [2.45, 2.75) is 43.8 Å². The average Bonchev–Trinajstić information content (AvgIpc) is 3.61. The zero-order valence-electron chi connectivity index (χ0n) is 18.1. The molecule has 1 aliphatic heterocycles. The van der Waals surface area contributed by atoms with Gasteiger partial charge in [0.25, 0.3) is 0 Å². The maximum Gasteiger partial charge on any atom is 0.0237 e. The second kappa shape index (κ2) is 9.21. The monoisotopic (exact) mass is 408 g/mol. The highest BCUT2D eigenvalue weighted by Gasteiger charge is 2.47. The second-order valence-electron chi connectivity index (χ2n) is 9.23. The maximum absolute atomic E-state index is 6.41. The third-order valence-electron chi connectivity index (χ3n) is 6.97. The maximum atomic E-state index is 6.41. The Labute approximate surface area is 186 Å². The summed E-state index contributed by atoms with van der Waals surface area (Å²) in [4.78, 5) is 2.71. The molecule has 0 bridgehead atoms. The lowest BCUT2D eigenvalue weighted by Gasteiger charge is -2.39. The normalized spacial score (nSPS) is 26.2. The molecule has 4 atom stereocenters. The number of hydrogen-bond acceptors (Lipinski definition) is 2. The first-order valence-corrected chi connectivity index (χ1v) is 11.6. The molecule has 1 heterocycles. The van der Waals surface area contributed by atoms with Gasteiger partial charge < -0.3 is 5.73 Å². The largest absolute Gasteiger partial charge is 0.328 e. The van der Waals surface area contributed by atoms with Crippen molar-refractivity contribution in [3.63, 3.8) is 0 Å². The van der Waals surface area contributed by atoms with Gasteiger partial charge >= 0.3 is 0 Å². The van der Waals surface area contributed by atoms with Gasteiger partial charge in [0.2, 0.25) is 0 Å². The molecule has 0 spiro atoms. The second-order valence-corrected chi connectivity index (χ2v) is 9.23. The van der Waals surface area contributed by atoms with E-state index in [4.69, 9.17) is 5.73 Å². The van der Waals surface area contributed by atoms with Gasteiger partial charge in [-0.25, -0.2) is 0 Å². The number of piperidine rings is 1. The van der Waals surface area contributed by atoms with Crippen LogP contribution in [0.4, 0.5) is 0 Å². The topological polar surface area (TPSA) is 29.3 Å². The van der Waals surface area contributed by atoms with Crippen molar-refractivity contribution in [3.8, 4) is 0 Å². The molecule has 3 aromatic carbocycles. The number of rotatable bonds is 6.